The number of halogens is 1. The molecule has 104 valence electrons. The predicted octanol–water partition coefficient (Wildman–Crippen LogP) is 3.93. The Hall–Kier alpha value is -2.75. The number of carbonyl (C=O) groups is 1. The summed E-state index contributed by atoms with van der Waals surface area (Å²) in [5.41, 5.74) is 2.24. The molecule has 0 fully saturated rings. The highest BCUT2D eigenvalue weighted by Crippen LogP contribution is 2.19. The van der Waals surface area contributed by atoms with Crippen LogP contribution < -0.4 is 5.32 Å². The molecule has 0 spiro atoms. The van der Waals surface area contributed by atoms with Crippen LogP contribution in [0.1, 0.15) is 15.9 Å². The molecule has 3 rings (SSSR count). The average molecular weight is 280 g/mol. The van der Waals surface area contributed by atoms with Crippen LogP contribution in [0.15, 0.2) is 54.7 Å². The summed E-state index contributed by atoms with van der Waals surface area (Å²) in [4.78, 5) is 16.6. The highest BCUT2D eigenvalue weighted by Gasteiger charge is 2.11. The molecular formula is C17H13FN2O. The van der Waals surface area contributed by atoms with Gasteiger partial charge >= 0.3 is 0 Å². The Labute approximate surface area is 121 Å². The van der Waals surface area contributed by atoms with Gasteiger partial charge in [0, 0.05) is 22.8 Å². The molecule has 3 aromatic rings. The Morgan fingerprint density at radius 2 is 2.00 bits per heavy atom. The Morgan fingerprint density at radius 3 is 2.81 bits per heavy atom. The van der Waals surface area contributed by atoms with Gasteiger partial charge in [-0.3, -0.25) is 9.78 Å². The summed E-state index contributed by atoms with van der Waals surface area (Å²) in [5.74, 6) is -0.621. The van der Waals surface area contributed by atoms with Crippen molar-refractivity contribution in [3.63, 3.8) is 0 Å². The van der Waals surface area contributed by atoms with Gasteiger partial charge in [0.05, 0.1) is 5.52 Å². The zero-order valence-corrected chi connectivity index (χ0v) is 11.4. The van der Waals surface area contributed by atoms with Gasteiger partial charge in [-0.2, -0.15) is 0 Å². The molecule has 0 aliphatic heterocycles. The topological polar surface area (TPSA) is 42.0 Å². The normalized spacial score (nSPS) is 10.6. The van der Waals surface area contributed by atoms with E-state index in [1.54, 1.807) is 43.5 Å². The third kappa shape index (κ3) is 2.60. The summed E-state index contributed by atoms with van der Waals surface area (Å²) in [7, 11) is 0. The standard InChI is InChI=1S/C17H13FN2O/c1-11-7-8-12(10-15(11)18)20-17(21)14-4-2-6-16-13(14)5-3-9-19-16/h2-10H,1H3,(H,20,21). The molecule has 3 nitrogen and oxygen atoms in total. The number of nitrogens with one attached hydrogen (secondary N) is 1. The van der Waals surface area contributed by atoms with Crippen LogP contribution in [-0.2, 0) is 0 Å². The lowest BCUT2D eigenvalue weighted by atomic mass is 10.1. The number of amides is 1. The number of fused-ring (bicyclic) bond motifs is 1. The van der Waals surface area contributed by atoms with E-state index in [0.29, 0.717) is 16.8 Å². The summed E-state index contributed by atoms with van der Waals surface area (Å²) < 4.78 is 13.5. The first-order valence-electron chi connectivity index (χ1n) is 6.56. The first kappa shape index (κ1) is 13.2. The second-order valence-electron chi connectivity index (χ2n) is 4.79. The van der Waals surface area contributed by atoms with E-state index in [0.717, 1.165) is 10.9 Å². The van der Waals surface area contributed by atoms with Gasteiger partial charge in [0.15, 0.2) is 0 Å². The van der Waals surface area contributed by atoms with Crippen molar-refractivity contribution in [3.05, 3.63) is 71.7 Å². The van der Waals surface area contributed by atoms with Crippen molar-refractivity contribution in [1.82, 2.24) is 4.98 Å². The van der Waals surface area contributed by atoms with Gasteiger partial charge in [0.25, 0.3) is 5.91 Å². The monoisotopic (exact) mass is 280 g/mol. The maximum atomic E-state index is 13.5. The van der Waals surface area contributed by atoms with E-state index in [1.165, 1.54) is 6.07 Å². The lowest BCUT2D eigenvalue weighted by Gasteiger charge is -2.08. The number of hydrogen-bond acceptors (Lipinski definition) is 2. The van der Waals surface area contributed by atoms with Crippen molar-refractivity contribution in [1.29, 1.82) is 0 Å². The Bertz CT molecular complexity index is 825. The molecule has 0 saturated heterocycles. The molecule has 0 atom stereocenters. The number of benzene rings is 2. The minimum Gasteiger partial charge on any atom is -0.322 e. The van der Waals surface area contributed by atoms with Gasteiger partial charge in [-0.05, 0) is 42.8 Å². The fourth-order valence-corrected chi connectivity index (χ4v) is 2.17. The van der Waals surface area contributed by atoms with Crippen LogP contribution in [0.2, 0.25) is 0 Å². The fraction of sp³-hybridized carbons (Fsp3) is 0.0588. The van der Waals surface area contributed by atoms with Gasteiger partial charge in [-0.25, -0.2) is 4.39 Å². The van der Waals surface area contributed by atoms with Gasteiger partial charge in [0.2, 0.25) is 0 Å². The number of carbonyl (C=O) groups excluding carboxylic acids is 1. The molecule has 1 N–H and O–H groups in total. The van der Waals surface area contributed by atoms with Gasteiger partial charge in [0.1, 0.15) is 5.82 Å². The third-order valence-corrected chi connectivity index (χ3v) is 3.32. The minimum absolute atomic E-state index is 0.281. The highest BCUT2D eigenvalue weighted by molar-refractivity contribution is 6.12. The molecule has 0 bridgehead atoms. The van der Waals surface area contributed by atoms with Gasteiger partial charge < -0.3 is 5.32 Å². The molecule has 1 heterocycles. The number of hydrogen-bond donors (Lipinski definition) is 1. The molecule has 1 aromatic heterocycles. The molecule has 2 aromatic carbocycles. The molecule has 0 aliphatic carbocycles. The number of aromatic nitrogens is 1. The average Bonchev–Trinajstić information content (AvgIpc) is 2.50. The van der Waals surface area contributed by atoms with Gasteiger partial charge in [-0.1, -0.05) is 18.2 Å². The van der Waals surface area contributed by atoms with E-state index in [1.807, 2.05) is 12.1 Å². The van der Waals surface area contributed by atoms with Crippen molar-refractivity contribution in [3.8, 4) is 0 Å². The van der Waals surface area contributed by atoms with Crippen LogP contribution in [0.5, 0.6) is 0 Å². The second-order valence-corrected chi connectivity index (χ2v) is 4.79. The molecule has 0 radical (unpaired) electrons. The van der Waals surface area contributed by atoms with Crippen LogP contribution in [0.25, 0.3) is 10.9 Å². The van der Waals surface area contributed by atoms with Crippen molar-refractivity contribution in [2.75, 3.05) is 5.32 Å². The van der Waals surface area contributed by atoms with Crippen molar-refractivity contribution >= 4 is 22.5 Å². The summed E-state index contributed by atoms with van der Waals surface area (Å²) in [6, 6.07) is 13.6. The van der Waals surface area contributed by atoms with E-state index < -0.39 is 0 Å². The smallest absolute Gasteiger partial charge is 0.256 e. The van der Waals surface area contributed by atoms with Crippen LogP contribution in [0, 0.1) is 12.7 Å². The largest absolute Gasteiger partial charge is 0.322 e. The van der Waals surface area contributed by atoms with E-state index in [2.05, 4.69) is 10.3 Å². The zero-order chi connectivity index (χ0) is 14.8. The number of rotatable bonds is 2. The van der Waals surface area contributed by atoms with Crippen LogP contribution in [0.4, 0.5) is 10.1 Å². The summed E-state index contributed by atoms with van der Waals surface area (Å²) in [6.45, 7) is 1.68. The SMILES string of the molecule is Cc1ccc(NC(=O)c2cccc3ncccc23)cc1F. The molecule has 1 amide bonds. The van der Waals surface area contributed by atoms with E-state index in [-0.39, 0.29) is 11.7 Å². The third-order valence-electron chi connectivity index (χ3n) is 3.32. The number of anilines is 1. The summed E-state index contributed by atoms with van der Waals surface area (Å²) in [5, 5.41) is 3.48. The number of aryl methyl sites for hydroxylation is 1. The summed E-state index contributed by atoms with van der Waals surface area (Å²) >= 11 is 0. The maximum Gasteiger partial charge on any atom is 0.256 e. The van der Waals surface area contributed by atoms with Crippen molar-refractivity contribution in [2.24, 2.45) is 0 Å². The second kappa shape index (κ2) is 5.32. The number of pyridine rings is 1. The Balaban J connectivity index is 1.95. The maximum absolute atomic E-state index is 13.5. The van der Waals surface area contributed by atoms with Crippen molar-refractivity contribution < 1.29 is 9.18 Å². The lowest BCUT2D eigenvalue weighted by molar-refractivity contribution is 0.102. The first-order chi connectivity index (χ1) is 10.1. The Morgan fingerprint density at radius 1 is 1.14 bits per heavy atom. The number of nitrogens with zero attached hydrogens (tertiary/aromatic N) is 1. The van der Waals surface area contributed by atoms with Crippen molar-refractivity contribution in [2.45, 2.75) is 6.92 Å². The predicted molar refractivity (Wildman–Crippen MR) is 80.8 cm³/mol. The van der Waals surface area contributed by atoms with Crippen LogP contribution in [-0.4, -0.2) is 10.9 Å². The molecule has 0 unspecified atom stereocenters. The first-order valence-corrected chi connectivity index (χ1v) is 6.56. The lowest BCUT2D eigenvalue weighted by Crippen LogP contribution is -2.12. The zero-order valence-electron chi connectivity index (χ0n) is 11.4. The molecular weight excluding hydrogens is 267 g/mol. The quantitative estimate of drug-likeness (QED) is 0.772. The summed E-state index contributed by atoms with van der Waals surface area (Å²) in [6.07, 6.45) is 1.68. The molecule has 0 saturated carbocycles. The molecule has 4 heteroatoms. The van der Waals surface area contributed by atoms with E-state index in [9.17, 15) is 9.18 Å². The highest BCUT2D eigenvalue weighted by atomic mass is 19.1. The van der Waals surface area contributed by atoms with Gasteiger partial charge in [-0.15, -0.1) is 0 Å². The van der Waals surface area contributed by atoms with E-state index >= 15 is 0 Å². The minimum atomic E-state index is -0.340. The van der Waals surface area contributed by atoms with Crippen LogP contribution >= 0.6 is 0 Å². The van der Waals surface area contributed by atoms with Crippen LogP contribution in [0.3, 0.4) is 0 Å². The Kier molecular flexibility index (Phi) is 3.36. The fourth-order valence-electron chi connectivity index (χ4n) is 2.17. The van der Waals surface area contributed by atoms with E-state index in [4.69, 9.17) is 0 Å². The molecule has 0 aliphatic rings. The molecule has 21 heavy (non-hydrogen) atoms.